The molecule has 0 aliphatic heterocycles. The molecule has 5 rings (SSSR count). The lowest BCUT2D eigenvalue weighted by atomic mass is 10.0. The summed E-state index contributed by atoms with van der Waals surface area (Å²) < 4.78 is 8.10. The summed E-state index contributed by atoms with van der Waals surface area (Å²) in [4.78, 5) is 20.3. The van der Waals surface area contributed by atoms with Gasteiger partial charge in [0.25, 0.3) is 0 Å². The van der Waals surface area contributed by atoms with Crippen molar-refractivity contribution in [1.29, 1.82) is 0 Å². The van der Waals surface area contributed by atoms with Gasteiger partial charge in [0.05, 0.1) is 0 Å². The number of aromatic amines is 1. The van der Waals surface area contributed by atoms with Crippen LogP contribution in [0.3, 0.4) is 0 Å². The Hall–Kier alpha value is -2.90. The number of aromatic nitrogens is 3. The first-order chi connectivity index (χ1) is 15.4. The maximum atomic E-state index is 12.2. The number of nitrogens with zero attached hydrogens (tertiary/aromatic N) is 2. The van der Waals surface area contributed by atoms with Gasteiger partial charge >= 0.3 is 0 Å². The molecule has 1 fully saturated rings. The van der Waals surface area contributed by atoms with Gasteiger partial charge in [-0.1, -0.05) is 25.7 Å². The number of ether oxygens (including phenoxy) is 1. The summed E-state index contributed by atoms with van der Waals surface area (Å²) in [6, 6.07) is 13.6. The van der Waals surface area contributed by atoms with Gasteiger partial charge in [-0.15, -0.1) is 0 Å². The summed E-state index contributed by atoms with van der Waals surface area (Å²) >= 11 is 0. The lowest BCUT2D eigenvalue weighted by Gasteiger charge is -2.15. The van der Waals surface area contributed by atoms with E-state index in [0.717, 1.165) is 53.2 Å². The molecule has 4 aromatic rings. The largest absolute Gasteiger partial charge is 0.361 e. The smallest absolute Gasteiger partial charge is 0.228 e. The Balaban J connectivity index is 1.48. The molecule has 6 nitrogen and oxygen atoms in total. The van der Waals surface area contributed by atoms with Crippen molar-refractivity contribution in [2.45, 2.75) is 45.3 Å². The van der Waals surface area contributed by atoms with Gasteiger partial charge in [0.1, 0.15) is 18.2 Å². The molecule has 1 amide bonds. The number of carbonyl (C=O) groups is 1. The molecule has 2 N–H and O–H groups in total. The minimum atomic E-state index is -1.15. The predicted molar refractivity (Wildman–Crippen MR) is 132 cm³/mol. The standard InChI is InChI=1S/C25H30N4O2Si/c1-32(2,3)13-12-31-16-29-15-21(18-6-8-22-19(14-18)10-11-26-22)20-7-9-23(27-24(20)29)28-25(30)17-4-5-17/h6-11,14-15,17,26H,4-5,12-13,16H2,1-3H3,(H,27,28,30). The lowest BCUT2D eigenvalue weighted by Crippen LogP contribution is -2.22. The molecule has 1 aliphatic rings. The van der Waals surface area contributed by atoms with Gasteiger partial charge in [0.2, 0.25) is 5.91 Å². The van der Waals surface area contributed by atoms with Gasteiger partial charge in [-0.25, -0.2) is 4.98 Å². The minimum absolute atomic E-state index is 0.0690. The quantitative estimate of drug-likeness (QED) is 0.264. The van der Waals surface area contributed by atoms with Crippen molar-refractivity contribution in [2.75, 3.05) is 11.9 Å². The van der Waals surface area contributed by atoms with E-state index < -0.39 is 8.07 Å². The monoisotopic (exact) mass is 446 g/mol. The van der Waals surface area contributed by atoms with E-state index in [1.54, 1.807) is 0 Å². The second-order valence-corrected chi connectivity index (χ2v) is 15.6. The van der Waals surface area contributed by atoms with Crippen molar-refractivity contribution in [2.24, 2.45) is 5.92 Å². The zero-order valence-electron chi connectivity index (χ0n) is 18.9. The van der Waals surface area contributed by atoms with Crippen molar-refractivity contribution in [3.63, 3.8) is 0 Å². The van der Waals surface area contributed by atoms with Crippen LogP contribution in [0.15, 0.2) is 48.8 Å². The van der Waals surface area contributed by atoms with Gasteiger partial charge in [-0.2, -0.15) is 0 Å². The molecule has 0 atom stereocenters. The number of carbonyl (C=O) groups excluding carboxylic acids is 1. The fourth-order valence-corrected chi connectivity index (χ4v) is 4.65. The summed E-state index contributed by atoms with van der Waals surface area (Å²) in [5, 5.41) is 5.21. The number of amides is 1. The Labute approximate surface area is 189 Å². The van der Waals surface area contributed by atoms with Gasteiger partial charge < -0.3 is 19.6 Å². The third kappa shape index (κ3) is 4.49. The van der Waals surface area contributed by atoms with E-state index in [1.807, 2.05) is 12.3 Å². The number of hydrogen-bond acceptors (Lipinski definition) is 3. The van der Waals surface area contributed by atoms with Crippen LogP contribution < -0.4 is 5.32 Å². The number of pyridine rings is 1. The Morgan fingerprint density at radius 2 is 2.06 bits per heavy atom. The number of H-pyrrole nitrogens is 1. The first-order valence-corrected chi connectivity index (χ1v) is 15.0. The fraction of sp³-hybridized carbons (Fsp3) is 0.360. The molecule has 32 heavy (non-hydrogen) atoms. The van der Waals surface area contributed by atoms with E-state index >= 15 is 0 Å². The Morgan fingerprint density at radius 3 is 2.84 bits per heavy atom. The molecule has 3 aromatic heterocycles. The Morgan fingerprint density at radius 1 is 1.22 bits per heavy atom. The molecule has 166 valence electrons. The van der Waals surface area contributed by atoms with Gasteiger partial charge in [0, 0.05) is 49.5 Å². The fourth-order valence-electron chi connectivity index (χ4n) is 3.90. The molecule has 0 radical (unpaired) electrons. The Kier molecular flexibility index (Phi) is 5.39. The number of nitrogens with one attached hydrogen (secondary N) is 2. The van der Waals surface area contributed by atoms with Crippen molar-refractivity contribution >= 4 is 41.7 Å². The highest BCUT2D eigenvalue weighted by atomic mass is 28.3. The molecule has 0 spiro atoms. The van der Waals surface area contributed by atoms with E-state index in [2.05, 4.69) is 71.0 Å². The zero-order chi connectivity index (χ0) is 22.3. The molecule has 1 aromatic carbocycles. The van der Waals surface area contributed by atoms with Crippen LogP contribution in [-0.2, 0) is 16.3 Å². The number of anilines is 1. The van der Waals surface area contributed by atoms with Crippen molar-refractivity contribution in [3.8, 4) is 11.1 Å². The van der Waals surface area contributed by atoms with E-state index in [1.165, 1.54) is 5.39 Å². The minimum Gasteiger partial charge on any atom is -0.361 e. The summed E-state index contributed by atoms with van der Waals surface area (Å²) in [5.74, 6) is 0.816. The average Bonchev–Trinajstić information content (AvgIpc) is 3.40. The summed E-state index contributed by atoms with van der Waals surface area (Å²) in [7, 11) is -1.15. The van der Waals surface area contributed by atoms with Crippen LogP contribution in [0.4, 0.5) is 5.82 Å². The third-order valence-corrected chi connectivity index (χ3v) is 7.72. The average molecular weight is 447 g/mol. The topological polar surface area (TPSA) is 71.9 Å². The molecule has 0 saturated heterocycles. The summed E-state index contributed by atoms with van der Waals surface area (Å²) in [6.07, 6.45) is 6.02. The maximum Gasteiger partial charge on any atom is 0.228 e. The summed E-state index contributed by atoms with van der Waals surface area (Å²) in [5.41, 5.74) is 4.20. The molecule has 7 heteroatoms. The van der Waals surface area contributed by atoms with Crippen molar-refractivity contribution < 1.29 is 9.53 Å². The van der Waals surface area contributed by atoms with Crippen molar-refractivity contribution in [3.05, 3.63) is 48.8 Å². The van der Waals surface area contributed by atoms with Crippen LogP contribution in [-0.4, -0.2) is 35.1 Å². The second-order valence-electron chi connectivity index (χ2n) is 9.97. The maximum absolute atomic E-state index is 12.2. The highest BCUT2D eigenvalue weighted by Gasteiger charge is 2.30. The van der Waals surface area contributed by atoms with Gasteiger partial charge in [0.15, 0.2) is 0 Å². The van der Waals surface area contributed by atoms with E-state index in [0.29, 0.717) is 12.5 Å². The second kappa shape index (κ2) is 8.22. The highest BCUT2D eigenvalue weighted by molar-refractivity contribution is 6.76. The molecule has 0 unspecified atom stereocenters. The number of fused-ring (bicyclic) bond motifs is 2. The van der Waals surface area contributed by atoms with Crippen LogP contribution in [0.5, 0.6) is 0 Å². The van der Waals surface area contributed by atoms with Crippen LogP contribution >= 0.6 is 0 Å². The molecular weight excluding hydrogens is 416 g/mol. The molecule has 0 bridgehead atoms. The number of benzene rings is 1. The molecule has 3 heterocycles. The number of hydrogen-bond donors (Lipinski definition) is 2. The van der Waals surface area contributed by atoms with Gasteiger partial charge in [-0.05, 0) is 60.2 Å². The van der Waals surface area contributed by atoms with E-state index in [-0.39, 0.29) is 11.8 Å². The molecule has 1 saturated carbocycles. The normalized spacial score (nSPS) is 14.3. The summed E-state index contributed by atoms with van der Waals surface area (Å²) in [6.45, 7) is 8.26. The Bertz CT molecular complexity index is 1280. The first-order valence-electron chi connectivity index (χ1n) is 11.3. The number of rotatable bonds is 8. The zero-order valence-corrected chi connectivity index (χ0v) is 19.9. The van der Waals surface area contributed by atoms with Crippen LogP contribution in [0.2, 0.25) is 25.7 Å². The van der Waals surface area contributed by atoms with Crippen LogP contribution in [0.25, 0.3) is 33.1 Å². The van der Waals surface area contributed by atoms with Crippen molar-refractivity contribution in [1.82, 2.24) is 14.5 Å². The first kappa shape index (κ1) is 21.0. The molecular formula is C25H30N4O2Si. The molecule has 1 aliphatic carbocycles. The van der Waals surface area contributed by atoms with Gasteiger partial charge in [-0.3, -0.25) is 4.79 Å². The SMILES string of the molecule is C[Si](C)(C)CCOCn1cc(-c2ccc3[nH]ccc3c2)c2ccc(NC(=O)C3CC3)nc21. The van der Waals surface area contributed by atoms with Crippen LogP contribution in [0, 0.1) is 5.92 Å². The van der Waals surface area contributed by atoms with E-state index in [9.17, 15) is 4.79 Å². The lowest BCUT2D eigenvalue weighted by molar-refractivity contribution is -0.117. The van der Waals surface area contributed by atoms with E-state index in [4.69, 9.17) is 9.72 Å². The van der Waals surface area contributed by atoms with Crippen LogP contribution in [0.1, 0.15) is 12.8 Å². The highest BCUT2D eigenvalue weighted by Crippen LogP contribution is 2.34. The third-order valence-electron chi connectivity index (χ3n) is 6.01. The predicted octanol–water partition coefficient (Wildman–Crippen LogP) is 5.85.